The third-order valence-electron chi connectivity index (χ3n) is 8.74. The number of carbonyl (C=O) groups is 1. The second-order valence-electron chi connectivity index (χ2n) is 10.6. The van der Waals surface area contributed by atoms with E-state index in [4.69, 9.17) is 14.2 Å². The highest BCUT2D eigenvalue weighted by molar-refractivity contribution is 5.75. The van der Waals surface area contributed by atoms with Crippen molar-refractivity contribution in [2.24, 2.45) is 22.7 Å². The maximum Gasteiger partial charge on any atom is 0.336 e. The molecule has 1 saturated heterocycles. The number of hydrogen-bond donors (Lipinski definition) is 0. The Kier molecular flexibility index (Phi) is 5.63. The van der Waals surface area contributed by atoms with E-state index in [1.165, 1.54) is 12.8 Å². The molecule has 0 unspecified atom stereocenters. The molecular formula is C28H34O4. The molecule has 0 amide bonds. The first-order valence-corrected chi connectivity index (χ1v) is 11.9. The van der Waals surface area contributed by atoms with Crippen LogP contribution in [0.3, 0.4) is 0 Å². The molecule has 0 N–H and O–H groups in total. The fourth-order valence-corrected chi connectivity index (χ4v) is 6.59. The summed E-state index contributed by atoms with van der Waals surface area (Å²) in [5, 5.41) is 0. The second-order valence-corrected chi connectivity index (χ2v) is 10.6. The molecule has 2 bridgehead atoms. The molecule has 0 radical (unpaired) electrons. The highest BCUT2D eigenvalue weighted by Gasteiger charge is 2.69. The van der Waals surface area contributed by atoms with Gasteiger partial charge in [0.25, 0.3) is 0 Å². The minimum atomic E-state index is -0.677. The average Bonchev–Trinajstić information content (AvgIpc) is 3.36. The molecule has 0 aromatic heterocycles. The molecule has 2 saturated carbocycles. The molecule has 170 valence electrons. The summed E-state index contributed by atoms with van der Waals surface area (Å²) in [4.78, 5) is 13.1. The van der Waals surface area contributed by atoms with Crippen LogP contribution >= 0.6 is 0 Å². The summed E-state index contributed by atoms with van der Waals surface area (Å²) in [6.45, 7) is 7.44. The number of esters is 1. The van der Waals surface area contributed by atoms with Crippen LogP contribution in [0.4, 0.5) is 0 Å². The SMILES string of the molecule is CC1(C)[C@@H]2CC[C@@]1(C)[C@@H]1O[C@@H](O[C@@H](Cc3ccccc3)C(=O)OCc3ccccc3)C[C@H]21. The molecule has 5 rings (SSSR count). The Morgan fingerprint density at radius 2 is 1.69 bits per heavy atom. The van der Waals surface area contributed by atoms with Crippen molar-refractivity contribution in [3.8, 4) is 0 Å². The first-order valence-electron chi connectivity index (χ1n) is 11.9. The Balaban J connectivity index is 1.28. The minimum absolute atomic E-state index is 0.184. The van der Waals surface area contributed by atoms with Crippen LogP contribution in [0.2, 0.25) is 0 Å². The van der Waals surface area contributed by atoms with Gasteiger partial charge in [-0.15, -0.1) is 0 Å². The van der Waals surface area contributed by atoms with Gasteiger partial charge in [-0.25, -0.2) is 4.79 Å². The monoisotopic (exact) mass is 434 g/mol. The Morgan fingerprint density at radius 1 is 1.03 bits per heavy atom. The summed E-state index contributed by atoms with van der Waals surface area (Å²) < 4.78 is 18.5. The van der Waals surface area contributed by atoms with Gasteiger partial charge in [0.05, 0.1) is 6.10 Å². The highest BCUT2D eigenvalue weighted by Crippen LogP contribution is 2.71. The zero-order chi connectivity index (χ0) is 22.3. The van der Waals surface area contributed by atoms with Crippen molar-refractivity contribution in [1.29, 1.82) is 0 Å². The van der Waals surface area contributed by atoms with Crippen molar-refractivity contribution in [3.63, 3.8) is 0 Å². The maximum absolute atomic E-state index is 13.1. The predicted molar refractivity (Wildman–Crippen MR) is 123 cm³/mol. The van der Waals surface area contributed by atoms with Gasteiger partial charge in [0, 0.05) is 12.8 Å². The number of ether oxygens (including phenoxy) is 3. The molecule has 2 aromatic carbocycles. The third-order valence-corrected chi connectivity index (χ3v) is 8.74. The largest absolute Gasteiger partial charge is 0.459 e. The normalized spacial score (nSPS) is 33.1. The molecule has 32 heavy (non-hydrogen) atoms. The van der Waals surface area contributed by atoms with Crippen molar-refractivity contribution in [3.05, 3.63) is 71.8 Å². The molecule has 1 heterocycles. The smallest absolute Gasteiger partial charge is 0.336 e. The van der Waals surface area contributed by atoms with Crippen LogP contribution < -0.4 is 0 Å². The fraction of sp³-hybridized carbons (Fsp3) is 0.536. The van der Waals surface area contributed by atoms with Gasteiger partial charge in [0.2, 0.25) is 0 Å². The van der Waals surface area contributed by atoms with Crippen LogP contribution in [0.1, 0.15) is 51.2 Å². The first-order chi connectivity index (χ1) is 15.4. The fourth-order valence-electron chi connectivity index (χ4n) is 6.59. The predicted octanol–water partition coefficient (Wildman–Crippen LogP) is 5.55. The van der Waals surface area contributed by atoms with Crippen LogP contribution in [0.15, 0.2) is 60.7 Å². The van der Waals surface area contributed by atoms with Crippen molar-refractivity contribution in [2.45, 2.75) is 71.6 Å². The molecule has 1 aliphatic heterocycles. The van der Waals surface area contributed by atoms with E-state index in [2.05, 4.69) is 20.8 Å². The van der Waals surface area contributed by atoms with Crippen LogP contribution in [0, 0.1) is 22.7 Å². The molecule has 6 atom stereocenters. The van der Waals surface area contributed by atoms with E-state index in [9.17, 15) is 4.79 Å². The van der Waals surface area contributed by atoms with Gasteiger partial charge < -0.3 is 14.2 Å². The van der Waals surface area contributed by atoms with Crippen molar-refractivity contribution in [2.75, 3.05) is 0 Å². The van der Waals surface area contributed by atoms with E-state index in [0.29, 0.717) is 23.7 Å². The zero-order valence-corrected chi connectivity index (χ0v) is 19.3. The Bertz CT molecular complexity index is 940. The molecule has 2 aliphatic carbocycles. The van der Waals surface area contributed by atoms with Gasteiger partial charge in [-0.3, -0.25) is 0 Å². The summed E-state index contributed by atoms with van der Waals surface area (Å²) in [7, 11) is 0. The number of carbonyl (C=O) groups excluding carboxylic acids is 1. The summed E-state index contributed by atoms with van der Waals surface area (Å²) in [5.41, 5.74) is 2.51. The maximum atomic E-state index is 13.1. The summed E-state index contributed by atoms with van der Waals surface area (Å²) >= 11 is 0. The zero-order valence-electron chi connectivity index (χ0n) is 19.3. The van der Waals surface area contributed by atoms with Crippen molar-refractivity contribution >= 4 is 5.97 Å². The van der Waals surface area contributed by atoms with Gasteiger partial charge in [-0.1, -0.05) is 81.4 Å². The number of benzene rings is 2. The van der Waals surface area contributed by atoms with Gasteiger partial charge >= 0.3 is 5.97 Å². The Labute approximate surface area is 191 Å². The first kappa shape index (κ1) is 21.7. The lowest BCUT2D eigenvalue weighted by atomic mass is 9.70. The van der Waals surface area contributed by atoms with Crippen molar-refractivity contribution in [1.82, 2.24) is 0 Å². The molecule has 0 spiro atoms. The molecule has 2 aromatic rings. The topological polar surface area (TPSA) is 44.8 Å². The van der Waals surface area contributed by atoms with Gasteiger partial charge in [0.1, 0.15) is 6.61 Å². The lowest BCUT2D eigenvalue weighted by molar-refractivity contribution is -0.201. The molecule has 4 heteroatoms. The van der Waals surface area contributed by atoms with Crippen LogP contribution in [0.5, 0.6) is 0 Å². The van der Waals surface area contributed by atoms with E-state index >= 15 is 0 Å². The lowest BCUT2D eigenvalue weighted by Crippen LogP contribution is -2.39. The quantitative estimate of drug-likeness (QED) is 0.536. The lowest BCUT2D eigenvalue weighted by Gasteiger charge is -2.38. The third kappa shape index (κ3) is 3.68. The summed E-state index contributed by atoms with van der Waals surface area (Å²) in [5.74, 6) is 0.864. The number of rotatable bonds is 7. The summed E-state index contributed by atoms with van der Waals surface area (Å²) in [6.07, 6.45) is 3.03. The van der Waals surface area contributed by atoms with Gasteiger partial charge in [-0.2, -0.15) is 0 Å². The highest BCUT2D eigenvalue weighted by atomic mass is 16.7. The summed E-state index contributed by atoms with van der Waals surface area (Å²) in [6, 6.07) is 19.8. The van der Waals surface area contributed by atoms with Crippen LogP contribution in [-0.2, 0) is 32.0 Å². The molecular weight excluding hydrogens is 400 g/mol. The standard InChI is InChI=1S/C28H34O4/c1-27(2)22-14-15-28(27,3)25-21(22)17-24(32-25)31-23(16-19-10-6-4-7-11-19)26(29)30-18-20-12-8-5-9-13-20/h4-13,21-25H,14-18H2,1-3H3/t21-,22-,23+,24-,25-,28+/m1/s1. The van der Waals surface area contributed by atoms with Crippen LogP contribution in [-0.4, -0.2) is 24.5 Å². The Morgan fingerprint density at radius 3 is 2.34 bits per heavy atom. The molecule has 3 aliphatic rings. The number of hydrogen-bond acceptors (Lipinski definition) is 4. The van der Waals surface area contributed by atoms with Gasteiger partial charge in [0.15, 0.2) is 12.4 Å². The van der Waals surface area contributed by atoms with Gasteiger partial charge in [-0.05, 0) is 46.6 Å². The molecule has 4 nitrogen and oxygen atoms in total. The molecule has 3 fully saturated rings. The van der Waals surface area contributed by atoms with E-state index in [1.54, 1.807) is 0 Å². The van der Waals surface area contributed by atoms with Crippen LogP contribution in [0.25, 0.3) is 0 Å². The van der Waals surface area contributed by atoms with Crippen molar-refractivity contribution < 1.29 is 19.0 Å². The van der Waals surface area contributed by atoms with E-state index in [0.717, 1.165) is 17.5 Å². The second kappa shape index (κ2) is 8.31. The number of fused-ring (bicyclic) bond motifs is 5. The van der Waals surface area contributed by atoms with E-state index in [1.807, 2.05) is 60.7 Å². The van der Waals surface area contributed by atoms with E-state index in [-0.39, 0.29) is 30.4 Å². The minimum Gasteiger partial charge on any atom is -0.459 e. The average molecular weight is 435 g/mol. The Hall–Kier alpha value is -2.17. The van der Waals surface area contributed by atoms with E-state index < -0.39 is 6.10 Å².